The first-order valence-electron chi connectivity index (χ1n) is 5.18. The molecule has 0 amide bonds. The molecule has 0 atom stereocenters. The fourth-order valence-electron chi connectivity index (χ4n) is 1.24. The van der Waals surface area contributed by atoms with E-state index in [0.29, 0.717) is 12.1 Å². The minimum absolute atomic E-state index is 0.128. The zero-order valence-corrected chi connectivity index (χ0v) is 9.60. The monoisotopic (exact) mass is 207 g/mol. The van der Waals surface area contributed by atoms with Gasteiger partial charge in [-0.05, 0) is 38.0 Å². The van der Waals surface area contributed by atoms with Crippen LogP contribution in [0.3, 0.4) is 0 Å². The van der Waals surface area contributed by atoms with Crippen molar-refractivity contribution in [3.63, 3.8) is 0 Å². The molecule has 0 unspecified atom stereocenters. The van der Waals surface area contributed by atoms with Gasteiger partial charge in [0.25, 0.3) is 0 Å². The maximum absolute atomic E-state index is 13.2. The molecular weight excluding hydrogens is 189 g/mol. The van der Waals surface area contributed by atoms with Gasteiger partial charge in [-0.2, -0.15) is 0 Å². The Bertz CT molecular complexity index is 352. The summed E-state index contributed by atoms with van der Waals surface area (Å²) in [4.78, 5) is 0. The Morgan fingerprint density at radius 1 is 1.40 bits per heavy atom. The number of aryl methyl sites for hydroxylation is 1. The highest BCUT2D eigenvalue weighted by Gasteiger charge is 1.98. The van der Waals surface area contributed by atoms with Crippen LogP contribution in [0.15, 0.2) is 29.8 Å². The number of halogens is 1. The van der Waals surface area contributed by atoms with Crippen LogP contribution in [0, 0.1) is 12.7 Å². The van der Waals surface area contributed by atoms with Crippen LogP contribution in [0.25, 0.3) is 0 Å². The van der Waals surface area contributed by atoms with Crippen molar-refractivity contribution in [3.8, 4) is 0 Å². The Balaban J connectivity index is 2.44. The molecule has 1 aromatic carbocycles. The van der Waals surface area contributed by atoms with Crippen molar-refractivity contribution in [2.75, 3.05) is 6.54 Å². The van der Waals surface area contributed by atoms with Gasteiger partial charge in [0, 0.05) is 13.1 Å². The molecule has 1 N–H and O–H groups in total. The Hall–Kier alpha value is -1.15. The van der Waals surface area contributed by atoms with E-state index in [1.54, 1.807) is 13.0 Å². The molecule has 0 saturated heterocycles. The second-order valence-electron chi connectivity index (χ2n) is 4.00. The summed E-state index contributed by atoms with van der Waals surface area (Å²) in [6, 6.07) is 5.35. The van der Waals surface area contributed by atoms with Crippen molar-refractivity contribution in [1.82, 2.24) is 5.32 Å². The molecule has 0 spiro atoms. The van der Waals surface area contributed by atoms with E-state index in [4.69, 9.17) is 0 Å². The maximum Gasteiger partial charge on any atom is 0.126 e. The quantitative estimate of drug-likeness (QED) is 0.590. The van der Waals surface area contributed by atoms with Gasteiger partial charge < -0.3 is 5.32 Å². The van der Waals surface area contributed by atoms with Crippen LogP contribution in [0.4, 0.5) is 4.39 Å². The largest absolute Gasteiger partial charge is 0.309 e. The van der Waals surface area contributed by atoms with E-state index in [-0.39, 0.29) is 5.82 Å². The molecule has 1 rings (SSSR count). The normalized spacial score (nSPS) is 10.1. The average Bonchev–Trinajstić information content (AvgIpc) is 2.18. The zero-order valence-electron chi connectivity index (χ0n) is 9.60. The molecule has 0 fully saturated rings. The molecule has 0 aliphatic carbocycles. The Labute approximate surface area is 91.0 Å². The van der Waals surface area contributed by atoms with E-state index in [0.717, 1.165) is 12.1 Å². The van der Waals surface area contributed by atoms with Crippen LogP contribution >= 0.6 is 0 Å². The second kappa shape index (κ2) is 5.66. The van der Waals surface area contributed by atoms with E-state index in [9.17, 15) is 4.39 Å². The van der Waals surface area contributed by atoms with Crippen molar-refractivity contribution in [2.45, 2.75) is 27.3 Å². The van der Waals surface area contributed by atoms with Crippen LogP contribution in [0.1, 0.15) is 25.0 Å². The lowest BCUT2D eigenvalue weighted by molar-refractivity contribution is 0.613. The third-order valence-electron chi connectivity index (χ3n) is 2.22. The first kappa shape index (κ1) is 11.9. The fraction of sp³-hybridized carbons (Fsp3) is 0.385. The van der Waals surface area contributed by atoms with E-state index >= 15 is 0 Å². The molecule has 82 valence electrons. The molecule has 0 saturated carbocycles. The summed E-state index contributed by atoms with van der Waals surface area (Å²) >= 11 is 0. The molecule has 1 aromatic rings. The van der Waals surface area contributed by atoms with Crippen molar-refractivity contribution in [2.24, 2.45) is 0 Å². The van der Waals surface area contributed by atoms with Gasteiger partial charge >= 0.3 is 0 Å². The number of allylic oxidation sites excluding steroid dienone is 1. The lowest BCUT2D eigenvalue weighted by Gasteiger charge is -2.04. The standard InChI is InChI=1S/C13H18FN/c1-10(2)6-7-15-9-12-5-4-11(3)13(14)8-12/h4-6,8,15H,7,9H2,1-3H3. The third kappa shape index (κ3) is 4.26. The number of rotatable bonds is 4. The summed E-state index contributed by atoms with van der Waals surface area (Å²) < 4.78 is 13.2. The van der Waals surface area contributed by atoms with Crippen LogP contribution in [-0.4, -0.2) is 6.54 Å². The van der Waals surface area contributed by atoms with Gasteiger partial charge in [-0.15, -0.1) is 0 Å². The van der Waals surface area contributed by atoms with E-state index in [1.807, 2.05) is 12.1 Å². The molecule has 2 heteroatoms. The highest BCUT2D eigenvalue weighted by Crippen LogP contribution is 2.08. The number of nitrogens with one attached hydrogen (secondary N) is 1. The molecule has 0 aliphatic heterocycles. The number of benzene rings is 1. The van der Waals surface area contributed by atoms with Crippen LogP contribution in [0.2, 0.25) is 0 Å². The lowest BCUT2D eigenvalue weighted by Crippen LogP contribution is -2.13. The predicted octanol–water partition coefficient (Wildman–Crippen LogP) is 3.19. The van der Waals surface area contributed by atoms with E-state index < -0.39 is 0 Å². The summed E-state index contributed by atoms with van der Waals surface area (Å²) in [6.45, 7) is 7.44. The summed E-state index contributed by atoms with van der Waals surface area (Å²) in [5, 5.41) is 3.24. The lowest BCUT2D eigenvalue weighted by atomic mass is 10.1. The van der Waals surface area contributed by atoms with Crippen molar-refractivity contribution in [1.29, 1.82) is 0 Å². The summed E-state index contributed by atoms with van der Waals surface area (Å²) in [7, 11) is 0. The molecule has 0 bridgehead atoms. The molecule has 0 radical (unpaired) electrons. The highest BCUT2D eigenvalue weighted by atomic mass is 19.1. The smallest absolute Gasteiger partial charge is 0.126 e. The molecule has 1 nitrogen and oxygen atoms in total. The van der Waals surface area contributed by atoms with Gasteiger partial charge in [0.05, 0.1) is 0 Å². The zero-order chi connectivity index (χ0) is 11.3. The van der Waals surface area contributed by atoms with Crippen LogP contribution < -0.4 is 5.32 Å². The van der Waals surface area contributed by atoms with Crippen LogP contribution in [0.5, 0.6) is 0 Å². The summed E-state index contributed by atoms with van der Waals surface area (Å²) in [5.74, 6) is -0.128. The molecular formula is C13H18FN. The maximum atomic E-state index is 13.2. The highest BCUT2D eigenvalue weighted by molar-refractivity contribution is 5.23. The third-order valence-corrected chi connectivity index (χ3v) is 2.22. The minimum atomic E-state index is -0.128. The molecule has 15 heavy (non-hydrogen) atoms. The first-order chi connectivity index (χ1) is 7.09. The van der Waals surface area contributed by atoms with E-state index in [1.165, 1.54) is 5.57 Å². The first-order valence-corrected chi connectivity index (χ1v) is 5.18. The van der Waals surface area contributed by atoms with Gasteiger partial charge in [0.15, 0.2) is 0 Å². The Morgan fingerprint density at radius 2 is 2.13 bits per heavy atom. The van der Waals surface area contributed by atoms with Crippen LogP contribution in [-0.2, 0) is 6.54 Å². The molecule has 0 aliphatic rings. The summed E-state index contributed by atoms with van der Waals surface area (Å²) in [5.41, 5.74) is 2.97. The van der Waals surface area contributed by atoms with Gasteiger partial charge in [0.2, 0.25) is 0 Å². The SMILES string of the molecule is CC(C)=CCNCc1ccc(C)c(F)c1. The molecule has 0 aromatic heterocycles. The summed E-state index contributed by atoms with van der Waals surface area (Å²) in [6.07, 6.45) is 2.12. The van der Waals surface area contributed by atoms with Crippen molar-refractivity contribution >= 4 is 0 Å². The average molecular weight is 207 g/mol. The Morgan fingerprint density at radius 3 is 2.73 bits per heavy atom. The van der Waals surface area contributed by atoms with Gasteiger partial charge in [0.1, 0.15) is 5.82 Å². The topological polar surface area (TPSA) is 12.0 Å². The van der Waals surface area contributed by atoms with Crippen molar-refractivity contribution in [3.05, 3.63) is 46.8 Å². The number of hydrogen-bond donors (Lipinski definition) is 1. The van der Waals surface area contributed by atoms with Crippen molar-refractivity contribution < 1.29 is 4.39 Å². The number of hydrogen-bond acceptors (Lipinski definition) is 1. The second-order valence-corrected chi connectivity index (χ2v) is 4.00. The van der Waals surface area contributed by atoms with Gasteiger partial charge in [-0.1, -0.05) is 23.8 Å². The molecule has 0 heterocycles. The predicted molar refractivity (Wildman–Crippen MR) is 62.3 cm³/mol. The van der Waals surface area contributed by atoms with Gasteiger partial charge in [-0.25, -0.2) is 4.39 Å². The Kier molecular flexibility index (Phi) is 4.50. The fourth-order valence-corrected chi connectivity index (χ4v) is 1.24. The van der Waals surface area contributed by atoms with Gasteiger partial charge in [-0.3, -0.25) is 0 Å². The minimum Gasteiger partial charge on any atom is -0.309 e. The van der Waals surface area contributed by atoms with E-state index in [2.05, 4.69) is 25.2 Å².